The van der Waals surface area contributed by atoms with E-state index in [0.29, 0.717) is 0 Å². The molecule has 0 unspecified atom stereocenters. The second-order valence-electron chi connectivity index (χ2n) is 13.2. The maximum Gasteiger partial charge on any atom is 0.0433 e. The molecule has 10 aromatic carbocycles. The van der Waals surface area contributed by atoms with Crippen molar-refractivity contribution in [3.05, 3.63) is 170 Å². The third kappa shape index (κ3) is 3.91. The first-order chi connectivity index (χ1) is 24.3. The molecule has 1 heteroatoms. The van der Waals surface area contributed by atoms with Crippen LogP contribution in [0.25, 0.3) is 107 Å². The highest BCUT2D eigenvalue weighted by Crippen LogP contribution is 2.47. The van der Waals surface area contributed by atoms with Crippen molar-refractivity contribution in [2.45, 2.75) is 0 Å². The first-order valence-electron chi connectivity index (χ1n) is 16.9. The van der Waals surface area contributed by atoms with Crippen LogP contribution in [0.5, 0.6) is 0 Å². The molecule has 0 fully saturated rings. The number of rotatable bonds is 2. The van der Waals surface area contributed by atoms with E-state index in [0.717, 1.165) is 0 Å². The molecule has 0 nitrogen and oxygen atoms in total. The van der Waals surface area contributed by atoms with Crippen molar-refractivity contribution in [1.29, 1.82) is 0 Å². The molecule has 0 spiro atoms. The molecule has 11 rings (SSSR count). The Labute approximate surface area is 287 Å². The molecule has 0 aliphatic carbocycles. The Morgan fingerprint density at radius 2 is 0.878 bits per heavy atom. The maximum absolute atomic E-state index is 2.44. The highest BCUT2D eigenvalue weighted by molar-refractivity contribution is 7.26. The summed E-state index contributed by atoms with van der Waals surface area (Å²) in [5, 5.41) is 18.1. The van der Waals surface area contributed by atoms with Crippen molar-refractivity contribution in [1.82, 2.24) is 0 Å². The summed E-state index contributed by atoms with van der Waals surface area (Å²) in [6, 6.07) is 63.3. The van der Waals surface area contributed by atoms with Gasteiger partial charge < -0.3 is 0 Å². The van der Waals surface area contributed by atoms with Crippen molar-refractivity contribution >= 4 is 96.1 Å². The minimum absolute atomic E-state index is 1.26. The minimum Gasteiger partial charge on any atom is -0.135 e. The lowest BCUT2D eigenvalue weighted by Crippen LogP contribution is -1.92. The van der Waals surface area contributed by atoms with Crippen LogP contribution in [0.3, 0.4) is 0 Å². The highest BCUT2D eigenvalue weighted by atomic mass is 32.1. The quantitative estimate of drug-likeness (QED) is 0.131. The average Bonchev–Trinajstić information content (AvgIpc) is 3.54. The fourth-order valence-electron chi connectivity index (χ4n) is 8.39. The SMILES string of the molecule is c1ccc2cc3c(ccc4c(-c5c6ccccc6c(-c6ccc7sc8c9ccccc9ccc8c7c6)c6ccccc56)cccc43)cc2c1. The Morgan fingerprint density at radius 3 is 1.63 bits per heavy atom. The van der Waals surface area contributed by atoms with Gasteiger partial charge in [0.2, 0.25) is 0 Å². The largest absolute Gasteiger partial charge is 0.135 e. The molecule has 1 heterocycles. The summed E-state index contributed by atoms with van der Waals surface area (Å²) >= 11 is 1.90. The smallest absolute Gasteiger partial charge is 0.0433 e. The Balaban J connectivity index is 1.21. The minimum atomic E-state index is 1.26. The summed E-state index contributed by atoms with van der Waals surface area (Å²) in [5.74, 6) is 0. The van der Waals surface area contributed by atoms with E-state index < -0.39 is 0 Å². The molecule has 0 aliphatic rings. The van der Waals surface area contributed by atoms with Gasteiger partial charge in [0, 0.05) is 20.2 Å². The molecule has 0 bridgehead atoms. The lowest BCUT2D eigenvalue weighted by atomic mass is 9.84. The fourth-order valence-corrected chi connectivity index (χ4v) is 9.61. The van der Waals surface area contributed by atoms with E-state index in [4.69, 9.17) is 0 Å². The van der Waals surface area contributed by atoms with Gasteiger partial charge in [-0.3, -0.25) is 0 Å². The van der Waals surface area contributed by atoms with Crippen molar-refractivity contribution < 1.29 is 0 Å². The summed E-state index contributed by atoms with van der Waals surface area (Å²) in [7, 11) is 0. The molecular weight excluding hydrogens is 609 g/mol. The summed E-state index contributed by atoms with van der Waals surface area (Å²) in [6.07, 6.45) is 0. The van der Waals surface area contributed by atoms with Crippen LogP contribution >= 0.6 is 11.3 Å². The molecule has 0 aliphatic heterocycles. The molecular formula is C48H28S. The standard InChI is InChI=1S/C48H28S/c1-2-12-31-27-43-32(26-30(31)11-1)21-23-36-35(43)18-9-19-37(36)47-40-16-7-5-14-38(40)46(39-15-6-8-17-41(39)47)33-22-25-45-44(28-33)42-24-20-29-10-3-4-13-34(29)48(42)49-45/h1-28H. The molecule has 0 atom stereocenters. The van der Waals surface area contributed by atoms with Gasteiger partial charge in [-0.1, -0.05) is 146 Å². The molecule has 0 saturated carbocycles. The van der Waals surface area contributed by atoms with Crippen molar-refractivity contribution in [3.8, 4) is 22.3 Å². The molecule has 0 saturated heterocycles. The molecule has 11 aromatic rings. The highest BCUT2D eigenvalue weighted by Gasteiger charge is 2.19. The molecule has 226 valence electrons. The zero-order valence-corrected chi connectivity index (χ0v) is 27.4. The lowest BCUT2D eigenvalue weighted by molar-refractivity contribution is 1.70. The van der Waals surface area contributed by atoms with Crippen LogP contribution in [0.2, 0.25) is 0 Å². The first-order valence-corrected chi connectivity index (χ1v) is 17.7. The number of fused-ring (bicyclic) bond motifs is 11. The van der Waals surface area contributed by atoms with E-state index in [-0.39, 0.29) is 0 Å². The molecule has 0 N–H and O–H groups in total. The van der Waals surface area contributed by atoms with Crippen LogP contribution in [0.15, 0.2) is 170 Å². The molecule has 0 radical (unpaired) electrons. The second-order valence-corrected chi connectivity index (χ2v) is 14.3. The van der Waals surface area contributed by atoms with Gasteiger partial charge in [-0.05, 0) is 111 Å². The Morgan fingerprint density at radius 1 is 0.286 bits per heavy atom. The molecule has 49 heavy (non-hydrogen) atoms. The number of hydrogen-bond donors (Lipinski definition) is 0. The Bertz CT molecular complexity index is 3100. The summed E-state index contributed by atoms with van der Waals surface area (Å²) in [5.41, 5.74) is 5.14. The van der Waals surface area contributed by atoms with Crippen molar-refractivity contribution in [2.24, 2.45) is 0 Å². The zero-order chi connectivity index (χ0) is 32.1. The fraction of sp³-hybridized carbons (Fsp3) is 0. The topological polar surface area (TPSA) is 0 Å². The van der Waals surface area contributed by atoms with Gasteiger partial charge in [0.15, 0.2) is 0 Å². The number of benzene rings is 10. The van der Waals surface area contributed by atoms with Gasteiger partial charge in [0.05, 0.1) is 0 Å². The monoisotopic (exact) mass is 636 g/mol. The summed E-state index contributed by atoms with van der Waals surface area (Å²) in [4.78, 5) is 0. The average molecular weight is 637 g/mol. The third-order valence-corrected chi connectivity index (χ3v) is 11.8. The van der Waals surface area contributed by atoms with E-state index in [2.05, 4.69) is 170 Å². The van der Waals surface area contributed by atoms with E-state index in [1.807, 2.05) is 11.3 Å². The van der Waals surface area contributed by atoms with Gasteiger partial charge in [0.1, 0.15) is 0 Å². The normalized spacial score (nSPS) is 12.1. The van der Waals surface area contributed by atoms with E-state index >= 15 is 0 Å². The van der Waals surface area contributed by atoms with Crippen LogP contribution in [0.1, 0.15) is 0 Å². The number of thiophene rings is 1. The van der Waals surface area contributed by atoms with Crippen molar-refractivity contribution in [3.63, 3.8) is 0 Å². The van der Waals surface area contributed by atoms with Gasteiger partial charge in [-0.15, -0.1) is 11.3 Å². The van der Waals surface area contributed by atoms with Gasteiger partial charge in [-0.25, -0.2) is 0 Å². The van der Waals surface area contributed by atoms with E-state index in [9.17, 15) is 0 Å². The maximum atomic E-state index is 2.44. The van der Waals surface area contributed by atoms with E-state index in [1.165, 1.54) is 107 Å². The van der Waals surface area contributed by atoms with Gasteiger partial charge in [-0.2, -0.15) is 0 Å². The van der Waals surface area contributed by atoms with E-state index in [1.54, 1.807) is 0 Å². The Hall–Kier alpha value is -6.02. The van der Waals surface area contributed by atoms with Crippen LogP contribution in [-0.4, -0.2) is 0 Å². The summed E-state index contributed by atoms with van der Waals surface area (Å²) < 4.78 is 2.70. The van der Waals surface area contributed by atoms with Crippen LogP contribution < -0.4 is 0 Å². The van der Waals surface area contributed by atoms with Crippen molar-refractivity contribution in [2.75, 3.05) is 0 Å². The first kappa shape index (κ1) is 27.0. The van der Waals surface area contributed by atoms with Crippen LogP contribution in [-0.2, 0) is 0 Å². The second kappa shape index (κ2) is 10.2. The summed E-state index contributed by atoms with van der Waals surface area (Å²) in [6.45, 7) is 0. The zero-order valence-electron chi connectivity index (χ0n) is 26.6. The predicted octanol–water partition coefficient (Wildman–Crippen LogP) is 14.3. The van der Waals surface area contributed by atoms with Gasteiger partial charge in [0.25, 0.3) is 0 Å². The molecule has 0 amide bonds. The number of hydrogen-bond acceptors (Lipinski definition) is 1. The van der Waals surface area contributed by atoms with Gasteiger partial charge >= 0.3 is 0 Å². The molecule has 1 aromatic heterocycles. The predicted molar refractivity (Wildman–Crippen MR) is 215 cm³/mol. The third-order valence-electron chi connectivity index (χ3n) is 10.6. The van der Waals surface area contributed by atoms with Crippen LogP contribution in [0, 0.1) is 0 Å². The van der Waals surface area contributed by atoms with Crippen LogP contribution in [0.4, 0.5) is 0 Å². The Kier molecular flexibility index (Phi) is 5.64. The lowest BCUT2D eigenvalue weighted by Gasteiger charge is -2.19.